The first-order valence-electron chi connectivity index (χ1n) is 26.1. The Kier molecular flexibility index (Phi) is 53.5. The number of hydrogen-bond donors (Lipinski definition) is 0. The Bertz CT molecular complexity index is 685. The van der Waals surface area contributed by atoms with Crippen molar-refractivity contribution in [1.82, 2.24) is 4.90 Å². The number of rotatable bonds is 42. The van der Waals surface area contributed by atoms with Gasteiger partial charge in [-0.25, -0.2) is 0 Å². The number of nitrogens with zero attached hydrogens (tertiary/aromatic N) is 1. The summed E-state index contributed by atoms with van der Waals surface area (Å²) in [6.45, 7) is 14.9. The minimum atomic E-state index is 0.672. The monoisotopic (exact) mass is 822 g/mol. The second kappa shape index (κ2) is 52.4. The van der Waals surface area contributed by atoms with Gasteiger partial charge in [0.1, 0.15) is 12.6 Å². The molecule has 1 aliphatic rings. The molecule has 0 aromatic carbocycles. The van der Waals surface area contributed by atoms with Crippen LogP contribution in [0.4, 0.5) is 0 Å². The maximum Gasteiger partial charge on any atom is 0.120 e. The van der Waals surface area contributed by atoms with E-state index in [9.17, 15) is 9.59 Å². The fraction of sp³-hybridized carbons (Fsp3) is 0.962. The van der Waals surface area contributed by atoms with E-state index >= 15 is 0 Å². The molecular formula is C53H107NO4. The molecule has 1 rings (SSSR count). The lowest BCUT2D eigenvalue weighted by Gasteiger charge is -2.30. The smallest absolute Gasteiger partial charge is 0.120 e. The molecule has 0 saturated carbocycles. The quantitative estimate of drug-likeness (QED) is 0.0453. The zero-order chi connectivity index (χ0) is 42.8. The third kappa shape index (κ3) is 46.3. The molecule has 0 atom stereocenters. The zero-order valence-electron chi connectivity index (χ0n) is 40.7. The predicted octanol–water partition coefficient (Wildman–Crippen LogP) is 16.3. The maximum absolute atomic E-state index is 10.5. The highest BCUT2D eigenvalue weighted by Gasteiger charge is 2.16. The normalized spacial score (nSPS) is 13.1. The second-order valence-corrected chi connectivity index (χ2v) is 18.3. The van der Waals surface area contributed by atoms with Crippen LogP contribution in [0.1, 0.15) is 265 Å². The van der Waals surface area contributed by atoms with Crippen molar-refractivity contribution in [3.05, 3.63) is 0 Å². The van der Waals surface area contributed by atoms with Crippen LogP contribution in [0.2, 0.25) is 0 Å². The Morgan fingerprint density at radius 1 is 0.397 bits per heavy atom. The molecule has 1 fully saturated rings. The molecular weight excluding hydrogens is 715 g/mol. The molecule has 0 N–H and O–H groups in total. The molecule has 0 spiro atoms. The van der Waals surface area contributed by atoms with Crippen molar-refractivity contribution in [3.8, 4) is 0 Å². The van der Waals surface area contributed by atoms with Gasteiger partial charge in [-0.1, -0.05) is 214 Å². The predicted molar refractivity (Wildman–Crippen MR) is 256 cm³/mol. The van der Waals surface area contributed by atoms with Crippen LogP contribution < -0.4 is 0 Å². The molecule has 5 heteroatoms. The van der Waals surface area contributed by atoms with Crippen LogP contribution >= 0.6 is 0 Å². The van der Waals surface area contributed by atoms with E-state index in [1.807, 2.05) is 14.2 Å². The standard InChI is InChI=1S/C27H55NO2.2C13H26O/c1-29-24-18-11-7-3-5-9-14-20-27(26-28-22-16-13-17-23-28)21-15-10-6-4-8-12-19-25-30-2;2*1-3-5-7-9-13(11-12-14)10-8-6-4-2/h27H,3-26H2,1-2H3;2*12-13H,3-11H2,1-2H3. The first-order valence-corrected chi connectivity index (χ1v) is 26.1. The zero-order valence-corrected chi connectivity index (χ0v) is 40.7. The summed E-state index contributed by atoms with van der Waals surface area (Å²) >= 11 is 0. The van der Waals surface area contributed by atoms with Gasteiger partial charge in [-0.15, -0.1) is 0 Å². The molecule has 0 amide bonds. The van der Waals surface area contributed by atoms with Crippen LogP contribution in [0, 0.1) is 17.8 Å². The fourth-order valence-electron chi connectivity index (χ4n) is 8.72. The van der Waals surface area contributed by atoms with Gasteiger partial charge in [0.25, 0.3) is 0 Å². The summed E-state index contributed by atoms with van der Waals surface area (Å²) in [5.74, 6) is 2.29. The first-order chi connectivity index (χ1) is 28.6. The molecule has 0 radical (unpaired) electrons. The van der Waals surface area contributed by atoms with Gasteiger partial charge in [-0.3, -0.25) is 0 Å². The Labute approximate surface area is 365 Å². The Hall–Kier alpha value is -0.780. The minimum Gasteiger partial charge on any atom is -0.385 e. The Morgan fingerprint density at radius 2 is 0.690 bits per heavy atom. The summed E-state index contributed by atoms with van der Waals surface area (Å²) in [4.78, 5) is 23.7. The number of ether oxygens (including phenoxy) is 2. The van der Waals surface area contributed by atoms with E-state index in [1.165, 1.54) is 244 Å². The van der Waals surface area contributed by atoms with Gasteiger partial charge in [-0.2, -0.15) is 0 Å². The number of hydrogen-bond acceptors (Lipinski definition) is 5. The molecule has 348 valence electrons. The van der Waals surface area contributed by atoms with Crippen molar-refractivity contribution in [2.75, 3.05) is 47.1 Å². The number of piperidine rings is 1. The van der Waals surface area contributed by atoms with E-state index in [4.69, 9.17) is 9.47 Å². The number of methoxy groups -OCH3 is 2. The molecule has 0 aromatic rings. The molecule has 1 aliphatic heterocycles. The molecule has 5 nitrogen and oxygen atoms in total. The number of carbonyl (C=O) groups excluding carboxylic acids is 2. The second-order valence-electron chi connectivity index (χ2n) is 18.3. The first kappa shape index (κ1) is 59.3. The van der Waals surface area contributed by atoms with Crippen molar-refractivity contribution in [2.24, 2.45) is 17.8 Å². The van der Waals surface area contributed by atoms with Crippen molar-refractivity contribution >= 4 is 12.6 Å². The van der Waals surface area contributed by atoms with Crippen LogP contribution in [-0.2, 0) is 19.1 Å². The molecule has 58 heavy (non-hydrogen) atoms. The van der Waals surface area contributed by atoms with Crippen LogP contribution in [0.15, 0.2) is 0 Å². The number of aldehydes is 2. The van der Waals surface area contributed by atoms with E-state index in [1.54, 1.807) is 0 Å². The highest BCUT2D eigenvalue weighted by atomic mass is 16.5. The van der Waals surface area contributed by atoms with Crippen molar-refractivity contribution in [3.63, 3.8) is 0 Å². The van der Waals surface area contributed by atoms with Crippen LogP contribution in [0.25, 0.3) is 0 Å². The molecule has 0 aliphatic carbocycles. The average Bonchev–Trinajstić information content (AvgIpc) is 3.23. The highest BCUT2D eigenvalue weighted by Crippen LogP contribution is 2.23. The third-order valence-electron chi connectivity index (χ3n) is 12.6. The van der Waals surface area contributed by atoms with Gasteiger partial charge in [0.2, 0.25) is 0 Å². The number of likely N-dealkylation sites (tertiary alicyclic amines) is 1. The molecule has 1 saturated heterocycles. The van der Waals surface area contributed by atoms with Crippen LogP contribution in [0.3, 0.4) is 0 Å². The lowest BCUT2D eigenvalue weighted by molar-refractivity contribution is -0.109. The third-order valence-corrected chi connectivity index (χ3v) is 12.6. The number of carbonyl (C=O) groups is 2. The molecule has 1 heterocycles. The summed E-state index contributed by atoms with van der Waals surface area (Å²) in [6, 6.07) is 0. The van der Waals surface area contributed by atoms with Crippen LogP contribution in [-0.4, -0.2) is 64.5 Å². The summed E-state index contributed by atoms with van der Waals surface area (Å²) < 4.78 is 10.3. The Morgan fingerprint density at radius 3 is 1.00 bits per heavy atom. The fourth-order valence-corrected chi connectivity index (χ4v) is 8.72. The van der Waals surface area contributed by atoms with E-state index in [0.717, 1.165) is 44.5 Å². The van der Waals surface area contributed by atoms with E-state index in [2.05, 4.69) is 32.6 Å². The average molecular weight is 822 g/mol. The molecule has 0 unspecified atom stereocenters. The van der Waals surface area contributed by atoms with Gasteiger partial charge >= 0.3 is 0 Å². The van der Waals surface area contributed by atoms with E-state index in [-0.39, 0.29) is 0 Å². The summed E-state index contributed by atoms with van der Waals surface area (Å²) in [6.07, 6.45) is 51.2. The van der Waals surface area contributed by atoms with E-state index < -0.39 is 0 Å². The summed E-state index contributed by atoms with van der Waals surface area (Å²) in [5, 5.41) is 0. The van der Waals surface area contributed by atoms with Gasteiger partial charge in [0.15, 0.2) is 0 Å². The van der Waals surface area contributed by atoms with Gasteiger partial charge in [0, 0.05) is 46.8 Å². The number of unbranched alkanes of at least 4 members (excludes halogenated alkanes) is 20. The molecule has 0 bridgehead atoms. The topological polar surface area (TPSA) is 55.8 Å². The SMILES string of the molecule is CCCCCC(CC=O)CCCCC.CCCCCC(CC=O)CCCCC.COCCCCCCCCCC(CCCCCCCCCOC)CN1CCCCC1. The van der Waals surface area contributed by atoms with Crippen molar-refractivity contribution in [1.29, 1.82) is 0 Å². The summed E-state index contributed by atoms with van der Waals surface area (Å²) in [7, 11) is 3.62. The van der Waals surface area contributed by atoms with Crippen molar-refractivity contribution in [2.45, 2.75) is 265 Å². The lowest BCUT2D eigenvalue weighted by Crippen LogP contribution is -2.34. The minimum absolute atomic E-state index is 0.672. The van der Waals surface area contributed by atoms with Gasteiger partial charge < -0.3 is 24.0 Å². The lowest BCUT2D eigenvalue weighted by atomic mass is 9.93. The van der Waals surface area contributed by atoms with Gasteiger partial charge in [-0.05, 0) is 69.4 Å². The summed E-state index contributed by atoms with van der Waals surface area (Å²) in [5.41, 5.74) is 0. The largest absolute Gasteiger partial charge is 0.385 e. The van der Waals surface area contributed by atoms with Crippen LogP contribution in [0.5, 0.6) is 0 Å². The maximum atomic E-state index is 10.5. The Balaban J connectivity index is 0. The highest BCUT2D eigenvalue weighted by molar-refractivity contribution is 5.49. The van der Waals surface area contributed by atoms with Gasteiger partial charge in [0.05, 0.1) is 0 Å². The van der Waals surface area contributed by atoms with Crippen molar-refractivity contribution < 1.29 is 19.1 Å². The molecule has 0 aromatic heterocycles. The van der Waals surface area contributed by atoms with E-state index in [0.29, 0.717) is 11.8 Å².